The summed E-state index contributed by atoms with van der Waals surface area (Å²) in [6.07, 6.45) is 4.98. The zero-order valence-electron chi connectivity index (χ0n) is 11.7. The fraction of sp³-hybridized carbons (Fsp3) is 0.562. The van der Waals surface area contributed by atoms with E-state index in [0.717, 1.165) is 48.7 Å². The topological polar surface area (TPSA) is 32.3 Å². The maximum Gasteiger partial charge on any atom is 0.227 e. The van der Waals surface area contributed by atoms with Crippen molar-refractivity contribution in [2.24, 2.45) is 5.92 Å². The molecule has 0 saturated carbocycles. The van der Waals surface area contributed by atoms with Crippen LogP contribution in [0.25, 0.3) is 0 Å². The molecule has 0 spiro atoms. The Bertz CT molecular complexity index is 497. The SMILES string of the molecule is O=C(CCC1CCNCC1)N1CCc2c(Cl)cccc21. The van der Waals surface area contributed by atoms with Gasteiger partial charge in [-0.05, 0) is 62.4 Å². The van der Waals surface area contributed by atoms with Crippen molar-refractivity contribution in [3.05, 3.63) is 28.8 Å². The van der Waals surface area contributed by atoms with E-state index in [0.29, 0.717) is 12.3 Å². The third-order valence-electron chi connectivity index (χ3n) is 4.50. The van der Waals surface area contributed by atoms with E-state index in [2.05, 4.69) is 5.32 Å². The molecule has 0 atom stereocenters. The van der Waals surface area contributed by atoms with Gasteiger partial charge in [-0.15, -0.1) is 0 Å². The first kappa shape index (κ1) is 13.9. The number of nitrogens with zero attached hydrogens (tertiary/aromatic N) is 1. The summed E-state index contributed by atoms with van der Waals surface area (Å²) in [6.45, 7) is 2.98. The summed E-state index contributed by atoms with van der Waals surface area (Å²) in [5, 5.41) is 4.15. The average Bonchev–Trinajstić information content (AvgIpc) is 2.91. The lowest BCUT2D eigenvalue weighted by atomic mass is 9.93. The smallest absolute Gasteiger partial charge is 0.227 e. The summed E-state index contributed by atoms with van der Waals surface area (Å²) in [5.41, 5.74) is 2.15. The van der Waals surface area contributed by atoms with Crippen LogP contribution in [0.5, 0.6) is 0 Å². The van der Waals surface area contributed by atoms with E-state index in [4.69, 9.17) is 11.6 Å². The number of hydrogen-bond acceptors (Lipinski definition) is 2. The molecular formula is C16H21ClN2O. The molecule has 0 bridgehead atoms. The highest BCUT2D eigenvalue weighted by atomic mass is 35.5. The van der Waals surface area contributed by atoms with Crippen LogP contribution in [0.2, 0.25) is 5.02 Å². The van der Waals surface area contributed by atoms with E-state index in [9.17, 15) is 4.79 Å². The molecule has 1 aromatic carbocycles. The first-order valence-corrected chi connectivity index (χ1v) is 7.92. The number of carbonyl (C=O) groups is 1. The van der Waals surface area contributed by atoms with Gasteiger partial charge in [0.2, 0.25) is 5.91 Å². The van der Waals surface area contributed by atoms with Crippen LogP contribution in [0.15, 0.2) is 18.2 Å². The average molecular weight is 293 g/mol. The lowest BCUT2D eigenvalue weighted by Crippen LogP contribution is -2.31. The minimum absolute atomic E-state index is 0.254. The Morgan fingerprint density at radius 2 is 2.15 bits per heavy atom. The Labute approximate surface area is 125 Å². The van der Waals surface area contributed by atoms with Gasteiger partial charge in [-0.1, -0.05) is 17.7 Å². The number of hydrogen-bond donors (Lipinski definition) is 1. The molecule has 0 radical (unpaired) electrons. The summed E-state index contributed by atoms with van der Waals surface area (Å²) in [7, 11) is 0. The Hall–Kier alpha value is -1.06. The zero-order valence-corrected chi connectivity index (χ0v) is 12.5. The van der Waals surface area contributed by atoms with Crippen LogP contribution in [0.1, 0.15) is 31.2 Å². The lowest BCUT2D eigenvalue weighted by molar-refractivity contribution is -0.118. The summed E-state index contributed by atoms with van der Waals surface area (Å²) in [5.74, 6) is 0.964. The third kappa shape index (κ3) is 2.84. The Morgan fingerprint density at radius 1 is 1.35 bits per heavy atom. The molecule has 1 fully saturated rings. The molecule has 0 aliphatic carbocycles. The number of amides is 1. The molecule has 1 saturated heterocycles. The van der Waals surface area contributed by atoms with Gasteiger partial charge in [0.25, 0.3) is 0 Å². The predicted molar refractivity (Wildman–Crippen MR) is 82.3 cm³/mol. The van der Waals surface area contributed by atoms with Crippen molar-refractivity contribution in [1.82, 2.24) is 5.32 Å². The zero-order chi connectivity index (χ0) is 13.9. The molecule has 3 nitrogen and oxygen atoms in total. The van der Waals surface area contributed by atoms with Crippen molar-refractivity contribution >= 4 is 23.2 Å². The number of carbonyl (C=O) groups excluding carboxylic acids is 1. The summed E-state index contributed by atoms with van der Waals surface area (Å²) < 4.78 is 0. The van der Waals surface area contributed by atoms with Crippen LogP contribution >= 0.6 is 11.6 Å². The highest BCUT2D eigenvalue weighted by Crippen LogP contribution is 2.34. The van der Waals surface area contributed by atoms with E-state index in [1.54, 1.807) is 0 Å². The molecule has 0 unspecified atom stereocenters. The molecule has 2 aliphatic rings. The normalized spacial score (nSPS) is 19.1. The molecule has 20 heavy (non-hydrogen) atoms. The molecule has 1 amide bonds. The first-order chi connectivity index (χ1) is 9.75. The van der Waals surface area contributed by atoms with Gasteiger partial charge in [0, 0.05) is 23.7 Å². The second-order valence-corrected chi connectivity index (χ2v) is 6.17. The number of benzene rings is 1. The van der Waals surface area contributed by atoms with Gasteiger partial charge in [0.1, 0.15) is 0 Å². The molecule has 4 heteroatoms. The fourth-order valence-corrected chi connectivity index (χ4v) is 3.55. The van der Waals surface area contributed by atoms with Gasteiger partial charge in [0.15, 0.2) is 0 Å². The summed E-state index contributed by atoms with van der Waals surface area (Å²) in [4.78, 5) is 14.3. The van der Waals surface area contributed by atoms with Gasteiger partial charge in [-0.3, -0.25) is 4.79 Å². The second-order valence-electron chi connectivity index (χ2n) is 5.76. The standard InChI is InChI=1S/C16H21ClN2O/c17-14-2-1-3-15-13(14)8-11-19(15)16(20)5-4-12-6-9-18-10-7-12/h1-3,12,18H,4-11H2. The monoisotopic (exact) mass is 292 g/mol. The second kappa shape index (κ2) is 6.15. The number of nitrogens with one attached hydrogen (secondary N) is 1. The first-order valence-electron chi connectivity index (χ1n) is 7.54. The van der Waals surface area contributed by atoms with Gasteiger partial charge in [-0.2, -0.15) is 0 Å². The highest BCUT2D eigenvalue weighted by Gasteiger charge is 2.26. The van der Waals surface area contributed by atoms with Crippen molar-refractivity contribution in [2.45, 2.75) is 32.1 Å². The molecule has 3 rings (SSSR count). The van der Waals surface area contributed by atoms with Crippen LogP contribution in [-0.2, 0) is 11.2 Å². The predicted octanol–water partition coefficient (Wildman–Crippen LogP) is 3.01. The number of rotatable bonds is 3. The molecular weight excluding hydrogens is 272 g/mol. The van der Waals surface area contributed by atoms with Gasteiger partial charge >= 0.3 is 0 Å². The number of piperidine rings is 1. The Balaban J connectivity index is 1.60. The lowest BCUT2D eigenvalue weighted by Gasteiger charge is -2.23. The van der Waals surface area contributed by atoms with Crippen molar-refractivity contribution in [1.29, 1.82) is 0 Å². The summed E-state index contributed by atoms with van der Waals surface area (Å²) in [6, 6.07) is 5.85. The number of fused-ring (bicyclic) bond motifs is 1. The van der Waals surface area contributed by atoms with Gasteiger partial charge < -0.3 is 10.2 Å². The molecule has 1 N–H and O–H groups in total. The van der Waals surface area contributed by atoms with Crippen molar-refractivity contribution in [2.75, 3.05) is 24.5 Å². The van der Waals surface area contributed by atoms with Gasteiger partial charge in [0.05, 0.1) is 0 Å². The molecule has 0 aromatic heterocycles. The quantitative estimate of drug-likeness (QED) is 0.929. The van der Waals surface area contributed by atoms with Crippen molar-refractivity contribution < 1.29 is 4.79 Å². The van der Waals surface area contributed by atoms with E-state index in [-0.39, 0.29) is 5.91 Å². The fourth-order valence-electron chi connectivity index (χ4n) is 3.28. The highest BCUT2D eigenvalue weighted by molar-refractivity contribution is 6.32. The summed E-state index contributed by atoms with van der Waals surface area (Å²) >= 11 is 6.19. The maximum atomic E-state index is 12.4. The van der Waals surface area contributed by atoms with Crippen molar-refractivity contribution in [3.63, 3.8) is 0 Å². The Morgan fingerprint density at radius 3 is 2.95 bits per heavy atom. The third-order valence-corrected chi connectivity index (χ3v) is 4.85. The number of halogens is 1. The Kier molecular flexibility index (Phi) is 4.27. The van der Waals surface area contributed by atoms with E-state index < -0.39 is 0 Å². The van der Waals surface area contributed by atoms with Crippen LogP contribution in [0.3, 0.4) is 0 Å². The number of anilines is 1. The molecule has 1 aromatic rings. The molecule has 2 heterocycles. The van der Waals surface area contributed by atoms with E-state index in [1.165, 1.54) is 12.8 Å². The van der Waals surface area contributed by atoms with Crippen LogP contribution < -0.4 is 10.2 Å². The minimum Gasteiger partial charge on any atom is -0.317 e. The van der Waals surface area contributed by atoms with Crippen LogP contribution in [-0.4, -0.2) is 25.5 Å². The van der Waals surface area contributed by atoms with E-state index >= 15 is 0 Å². The van der Waals surface area contributed by atoms with Gasteiger partial charge in [-0.25, -0.2) is 0 Å². The van der Waals surface area contributed by atoms with Crippen LogP contribution in [0, 0.1) is 5.92 Å². The molecule has 2 aliphatic heterocycles. The maximum absolute atomic E-state index is 12.4. The minimum atomic E-state index is 0.254. The largest absolute Gasteiger partial charge is 0.317 e. The van der Waals surface area contributed by atoms with Crippen LogP contribution in [0.4, 0.5) is 5.69 Å². The van der Waals surface area contributed by atoms with E-state index in [1.807, 2.05) is 23.1 Å². The molecule has 108 valence electrons. The van der Waals surface area contributed by atoms with Crippen molar-refractivity contribution in [3.8, 4) is 0 Å².